The SMILES string of the molecule is O=C[C@H]1CC[C@H]([C@H](Cc2ccccc2)[N+](=O)[O-])N(c2ccc(Br)cc2)O1. The number of halogens is 1. The highest BCUT2D eigenvalue weighted by atomic mass is 79.9. The molecule has 1 heterocycles. The average molecular weight is 419 g/mol. The second-order valence-corrected chi connectivity index (χ2v) is 7.18. The molecule has 3 atom stereocenters. The fourth-order valence-corrected chi connectivity index (χ4v) is 3.48. The lowest BCUT2D eigenvalue weighted by Gasteiger charge is -2.39. The van der Waals surface area contributed by atoms with Gasteiger partial charge in [0.2, 0.25) is 6.04 Å². The van der Waals surface area contributed by atoms with E-state index in [4.69, 9.17) is 4.84 Å². The number of hydrogen-bond acceptors (Lipinski definition) is 5. The quantitative estimate of drug-likeness (QED) is 0.405. The monoisotopic (exact) mass is 418 g/mol. The molecule has 1 aliphatic rings. The van der Waals surface area contributed by atoms with Crippen LogP contribution in [0.3, 0.4) is 0 Å². The largest absolute Gasteiger partial charge is 0.300 e. The maximum atomic E-state index is 11.8. The highest BCUT2D eigenvalue weighted by molar-refractivity contribution is 9.10. The normalized spacial score (nSPS) is 21.2. The first-order valence-corrected chi connectivity index (χ1v) is 9.22. The molecule has 0 saturated carbocycles. The van der Waals surface area contributed by atoms with Crippen molar-refractivity contribution in [2.75, 3.05) is 5.06 Å². The van der Waals surface area contributed by atoms with Crippen molar-refractivity contribution in [1.29, 1.82) is 0 Å². The number of rotatable bonds is 6. The van der Waals surface area contributed by atoms with E-state index in [9.17, 15) is 14.9 Å². The summed E-state index contributed by atoms with van der Waals surface area (Å²) in [6.45, 7) is 0. The van der Waals surface area contributed by atoms with Crippen LogP contribution in [0.4, 0.5) is 5.69 Å². The van der Waals surface area contributed by atoms with Gasteiger partial charge in [0.15, 0.2) is 6.29 Å². The number of aldehydes is 1. The summed E-state index contributed by atoms with van der Waals surface area (Å²) in [6.07, 6.45) is 1.46. The van der Waals surface area contributed by atoms with Crippen molar-refractivity contribution >= 4 is 27.9 Å². The van der Waals surface area contributed by atoms with Crippen LogP contribution in [0.5, 0.6) is 0 Å². The minimum atomic E-state index is -0.839. The number of anilines is 1. The van der Waals surface area contributed by atoms with E-state index in [1.54, 1.807) is 5.06 Å². The van der Waals surface area contributed by atoms with Crippen LogP contribution in [-0.4, -0.2) is 29.4 Å². The van der Waals surface area contributed by atoms with Gasteiger partial charge in [0.05, 0.1) is 5.69 Å². The van der Waals surface area contributed by atoms with E-state index in [2.05, 4.69) is 15.9 Å². The van der Waals surface area contributed by atoms with Crippen LogP contribution in [0, 0.1) is 10.1 Å². The van der Waals surface area contributed by atoms with Crippen molar-refractivity contribution in [3.05, 3.63) is 74.7 Å². The van der Waals surface area contributed by atoms with Gasteiger partial charge < -0.3 is 4.79 Å². The third-order valence-corrected chi connectivity index (χ3v) is 5.06. The Morgan fingerprint density at radius 3 is 2.50 bits per heavy atom. The predicted octanol–water partition coefficient (Wildman–Crippen LogP) is 3.81. The molecule has 1 saturated heterocycles. The smallest absolute Gasteiger partial charge is 0.239 e. The molecular weight excluding hydrogens is 400 g/mol. The zero-order chi connectivity index (χ0) is 18.5. The van der Waals surface area contributed by atoms with Gasteiger partial charge in [0.25, 0.3) is 0 Å². The van der Waals surface area contributed by atoms with Crippen LogP contribution in [-0.2, 0) is 16.1 Å². The van der Waals surface area contributed by atoms with Gasteiger partial charge in [-0.1, -0.05) is 46.3 Å². The van der Waals surface area contributed by atoms with Crippen molar-refractivity contribution in [3.8, 4) is 0 Å². The molecule has 7 heteroatoms. The summed E-state index contributed by atoms with van der Waals surface area (Å²) in [5.41, 5.74) is 1.60. The van der Waals surface area contributed by atoms with Crippen LogP contribution in [0.2, 0.25) is 0 Å². The van der Waals surface area contributed by atoms with E-state index in [1.807, 2.05) is 54.6 Å². The molecular formula is C19H19BrN2O4. The minimum Gasteiger partial charge on any atom is -0.300 e. The summed E-state index contributed by atoms with van der Waals surface area (Å²) in [4.78, 5) is 28.6. The number of benzene rings is 2. The Balaban J connectivity index is 1.90. The molecule has 0 unspecified atom stereocenters. The Hall–Kier alpha value is -2.25. The molecule has 0 amide bonds. The van der Waals surface area contributed by atoms with Crippen molar-refractivity contribution in [3.63, 3.8) is 0 Å². The Labute approximate surface area is 160 Å². The van der Waals surface area contributed by atoms with Gasteiger partial charge in [-0.15, -0.1) is 0 Å². The van der Waals surface area contributed by atoms with Gasteiger partial charge in [0, 0.05) is 15.8 Å². The molecule has 0 N–H and O–H groups in total. The Kier molecular flexibility index (Phi) is 6.00. The van der Waals surface area contributed by atoms with Gasteiger partial charge in [-0.2, -0.15) is 0 Å². The van der Waals surface area contributed by atoms with Crippen molar-refractivity contribution < 1.29 is 14.6 Å². The number of hydroxylamine groups is 1. The molecule has 0 radical (unpaired) electrons. The standard InChI is InChI=1S/C19H19BrN2O4/c20-15-6-8-16(9-7-15)21-18(11-10-17(13-23)26-21)19(22(24)25)12-14-4-2-1-3-5-14/h1-9,13,17-19H,10-12H2/t17-,18-,19+/m1/s1. The lowest BCUT2D eigenvalue weighted by atomic mass is 9.93. The first-order valence-electron chi connectivity index (χ1n) is 8.43. The highest BCUT2D eigenvalue weighted by Gasteiger charge is 2.41. The fourth-order valence-electron chi connectivity index (χ4n) is 3.22. The van der Waals surface area contributed by atoms with E-state index >= 15 is 0 Å². The minimum absolute atomic E-state index is 0.242. The highest BCUT2D eigenvalue weighted by Crippen LogP contribution is 2.31. The maximum absolute atomic E-state index is 11.8. The molecule has 2 aromatic carbocycles. The lowest BCUT2D eigenvalue weighted by Crippen LogP contribution is -2.53. The van der Waals surface area contributed by atoms with Crippen LogP contribution >= 0.6 is 15.9 Å². The third kappa shape index (κ3) is 4.28. The summed E-state index contributed by atoms with van der Waals surface area (Å²) >= 11 is 3.38. The number of hydrogen-bond donors (Lipinski definition) is 0. The van der Waals surface area contributed by atoms with Gasteiger partial charge in [-0.25, -0.2) is 5.06 Å². The predicted molar refractivity (Wildman–Crippen MR) is 102 cm³/mol. The van der Waals surface area contributed by atoms with Crippen LogP contribution in [0.25, 0.3) is 0 Å². The second-order valence-electron chi connectivity index (χ2n) is 6.27. The van der Waals surface area contributed by atoms with Gasteiger partial charge in [-0.05, 0) is 42.7 Å². The Bertz CT molecular complexity index is 754. The first kappa shape index (κ1) is 18.5. The maximum Gasteiger partial charge on any atom is 0.239 e. The molecule has 3 rings (SSSR count). The molecule has 0 spiro atoms. The Morgan fingerprint density at radius 2 is 1.88 bits per heavy atom. The summed E-state index contributed by atoms with van der Waals surface area (Å²) in [5, 5.41) is 13.4. The van der Waals surface area contributed by atoms with E-state index < -0.39 is 18.2 Å². The van der Waals surface area contributed by atoms with Gasteiger partial charge >= 0.3 is 0 Å². The van der Waals surface area contributed by atoms with Crippen LogP contribution in [0.1, 0.15) is 18.4 Å². The first-order chi connectivity index (χ1) is 12.6. The van der Waals surface area contributed by atoms with E-state index in [-0.39, 0.29) is 4.92 Å². The topological polar surface area (TPSA) is 72.7 Å². The molecule has 1 fully saturated rings. The summed E-state index contributed by atoms with van der Waals surface area (Å²) < 4.78 is 0.900. The van der Waals surface area contributed by atoms with Crippen molar-refractivity contribution in [2.24, 2.45) is 0 Å². The molecule has 0 aliphatic carbocycles. The number of carbonyl (C=O) groups excluding carboxylic acids is 1. The average Bonchev–Trinajstić information content (AvgIpc) is 2.67. The van der Waals surface area contributed by atoms with E-state index in [0.29, 0.717) is 24.9 Å². The van der Waals surface area contributed by atoms with E-state index in [0.717, 1.165) is 16.3 Å². The number of nitrogens with zero attached hydrogens (tertiary/aromatic N) is 2. The summed E-state index contributed by atoms with van der Waals surface area (Å²) in [5.74, 6) is 0. The fraction of sp³-hybridized carbons (Fsp3) is 0.316. The number of nitro groups is 1. The molecule has 136 valence electrons. The second kappa shape index (κ2) is 8.42. The summed E-state index contributed by atoms with van der Waals surface area (Å²) in [6, 6.07) is 15.5. The summed E-state index contributed by atoms with van der Waals surface area (Å²) in [7, 11) is 0. The molecule has 6 nitrogen and oxygen atoms in total. The van der Waals surface area contributed by atoms with Crippen molar-refractivity contribution in [2.45, 2.75) is 37.5 Å². The van der Waals surface area contributed by atoms with E-state index in [1.165, 1.54) is 0 Å². The Morgan fingerprint density at radius 1 is 1.19 bits per heavy atom. The molecule has 1 aliphatic heterocycles. The number of carbonyl (C=O) groups is 1. The molecule has 0 bridgehead atoms. The lowest BCUT2D eigenvalue weighted by molar-refractivity contribution is -0.527. The van der Waals surface area contributed by atoms with Crippen molar-refractivity contribution in [1.82, 2.24) is 0 Å². The molecule has 26 heavy (non-hydrogen) atoms. The zero-order valence-corrected chi connectivity index (χ0v) is 15.6. The third-order valence-electron chi connectivity index (χ3n) is 4.53. The molecule has 0 aromatic heterocycles. The van der Waals surface area contributed by atoms with Crippen LogP contribution < -0.4 is 5.06 Å². The molecule has 2 aromatic rings. The van der Waals surface area contributed by atoms with Gasteiger partial charge in [-0.3, -0.25) is 15.0 Å². The van der Waals surface area contributed by atoms with Crippen LogP contribution in [0.15, 0.2) is 59.1 Å². The zero-order valence-electron chi connectivity index (χ0n) is 14.0. The van der Waals surface area contributed by atoms with Gasteiger partial charge in [0.1, 0.15) is 12.1 Å².